The smallest absolute Gasteiger partial charge is 0.388 e. The van der Waals surface area contributed by atoms with Crippen molar-refractivity contribution in [1.29, 1.82) is 0 Å². The predicted molar refractivity (Wildman–Crippen MR) is 76.7 cm³/mol. The molecule has 2 aliphatic heterocycles. The maximum atomic E-state index is 12.8. The molecule has 0 spiro atoms. The Balaban J connectivity index is 1.88. The lowest BCUT2D eigenvalue weighted by atomic mass is 9.93. The summed E-state index contributed by atoms with van der Waals surface area (Å²) in [6.45, 7) is 5.57. The minimum Gasteiger partial charge on any atom is -0.388 e. The molecule has 0 saturated carbocycles. The van der Waals surface area contributed by atoms with Crippen LogP contribution in [0.25, 0.3) is 0 Å². The van der Waals surface area contributed by atoms with Crippen molar-refractivity contribution in [2.24, 2.45) is 0 Å². The van der Waals surface area contributed by atoms with Crippen molar-refractivity contribution in [3.8, 4) is 0 Å². The number of halogens is 3. The molecule has 4 nitrogen and oxygen atoms in total. The van der Waals surface area contributed by atoms with Crippen LogP contribution in [-0.2, 0) is 6.18 Å². The molecule has 1 saturated heterocycles. The van der Waals surface area contributed by atoms with E-state index in [4.69, 9.17) is 0 Å². The molecule has 1 N–H and O–H groups in total. The average Bonchev–Trinajstić information content (AvgIpc) is 2.46. The van der Waals surface area contributed by atoms with E-state index in [-0.39, 0.29) is 6.04 Å². The van der Waals surface area contributed by atoms with Crippen LogP contribution in [0.1, 0.15) is 37.0 Å². The van der Waals surface area contributed by atoms with Crippen molar-refractivity contribution >= 4 is 5.82 Å². The summed E-state index contributed by atoms with van der Waals surface area (Å²) < 4.78 is 38.4. The molecule has 1 aromatic rings. The van der Waals surface area contributed by atoms with E-state index < -0.39 is 17.8 Å². The molecule has 7 heteroatoms. The molecule has 2 aliphatic rings. The first kappa shape index (κ1) is 15.6. The van der Waals surface area contributed by atoms with E-state index in [1.54, 1.807) is 0 Å². The Bertz CT molecular complexity index is 549. The number of hydrogen-bond donors (Lipinski definition) is 1. The van der Waals surface area contributed by atoms with Crippen LogP contribution in [0.5, 0.6) is 0 Å². The summed E-state index contributed by atoms with van der Waals surface area (Å²) in [6.07, 6.45) is -2.92. The Kier molecular flexibility index (Phi) is 4.03. The molecule has 1 aromatic heterocycles. The zero-order valence-electron chi connectivity index (χ0n) is 12.5. The normalized spacial score (nSPS) is 25.8. The second kappa shape index (κ2) is 5.70. The van der Waals surface area contributed by atoms with Gasteiger partial charge < -0.3 is 10.0 Å². The highest BCUT2D eigenvalue weighted by Gasteiger charge is 2.39. The first-order valence-electron chi connectivity index (χ1n) is 7.64. The average molecular weight is 315 g/mol. The summed E-state index contributed by atoms with van der Waals surface area (Å²) in [7, 11) is 0. The summed E-state index contributed by atoms with van der Waals surface area (Å²) in [5.74, 6) is 0.507. The molecule has 122 valence electrons. The van der Waals surface area contributed by atoms with Crippen LogP contribution in [0.2, 0.25) is 0 Å². The van der Waals surface area contributed by atoms with Crippen LogP contribution in [0.4, 0.5) is 19.0 Å². The lowest BCUT2D eigenvalue weighted by Gasteiger charge is -2.46. The van der Waals surface area contributed by atoms with Gasteiger partial charge in [0, 0.05) is 37.4 Å². The molecule has 1 fully saturated rings. The van der Waals surface area contributed by atoms with E-state index in [9.17, 15) is 18.3 Å². The molecule has 0 radical (unpaired) electrons. The summed E-state index contributed by atoms with van der Waals surface area (Å²) >= 11 is 0. The number of fused-ring (bicyclic) bond motifs is 3. The Labute approximate surface area is 127 Å². The Morgan fingerprint density at radius 3 is 2.82 bits per heavy atom. The SMILES string of the molecule is CCCN1CCN2c3ncc(C(F)(F)F)cc3C(O)C[C@H]2C1. The summed E-state index contributed by atoms with van der Waals surface area (Å²) in [5, 5.41) is 10.3. The fraction of sp³-hybridized carbons (Fsp3) is 0.667. The molecular formula is C15H20F3N3O. The highest BCUT2D eigenvalue weighted by molar-refractivity contribution is 5.53. The fourth-order valence-corrected chi connectivity index (χ4v) is 3.42. The Hall–Kier alpha value is -1.34. The van der Waals surface area contributed by atoms with Gasteiger partial charge in [0.15, 0.2) is 0 Å². The number of alkyl halides is 3. The summed E-state index contributed by atoms with van der Waals surface area (Å²) in [4.78, 5) is 8.41. The molecule has 0 aliphatic carbocycles. The number of aromatic nitrogens is 1. The van der Waals surface area contributed by atoms with Gasteiger partial charge in [-0.1, -0.05) is 6.92 Å². The molecule has 0 bridgehead atoms. The predicted octanol–water partition coefficient (Wildman–Crippen LogP) is 2.44. The van der Waals surface area contributed by atoms with Gasteiger partial charge in [-0.15, -0.1) is 0 Å². The summed E-state index contributed by atoms with van der Waals surface area (Å²) in [5.41, 5.74) is -0.497. The maximum absolute atomic E-state index is 12.8. The highest BCUT2D eigenvalue weighted by Crippen LogP contribution is 2.40. The maximum Gasteiger partial charge on any atom is 0.417 e. The lowest BCUT2D eigenvalue weighted by molar-refractivity contribution is -0.137. The third kappa shape index (κ3) is 2.79. The lowest BCUT2D eigenvalue weighted by Crippen LogP contribution is -2.56. The van der Waals surface area contributed by atoms with Crippen molar-refractivity contribution in [2.45, 2.75) is 38.1 Å². The fourth-order valence-electron chi connectivity index (χ4n) is 3.42. The van der Waals surface area contributed by atoms with Gasteiger partial charge in [0.2, 0.25) is 0 Å². The van der Waals surface area contributed by atoms with Crippen LogP contribution in [-0.4, -0.2) is 47.2 Å². The highest BCUT2D eigenvalue weighted by atomic mass is 19.4. The molecule has 3 heterocycles. The Morgan fingerprint density at radius 1 is 1.36 bits per heavy atom. The topological polar surface area (TPSA) is 39.6 Å². The van der Waals surface area contributed by atoms with E-state index in [1.165, 1.54) is 0 Å². The van der Waals surface area contributed by atoms with Crippen molar-refractivity contribution in [3.05, 3.63) is 23.4 Å². The monoisotopic (exact) mass is 315 g/mol. The van der Waals surface area contributed by atoms with E-state index in [1.807, 2.05) is 4.90 Å². The third-order valence-corrected chi connectivity index (χ3v) is 4.46. The molecular weight excluding hydrogens is 295 g/mol. The van der Waals surface area contributed by atoms with Crippen LogP contribution in [0.15, 0.2) is 12.3 Å². The minimum atomic E-state index is -4.43. The molecule has 0 amide bonds. The number of nitrogens with zero attached hydrogens (tertiary/aromatic N) is 3. The van der Waals surface area contributed by atoms with E-state index in [0.29, 0.717) is 17.8 Å². The quantitative estimate of drug-likeness (QED) is 0.910. The van der Waals surface area contributed by atoms with Crippen LogP contribution in [0, 0.1) is 0 Å². The first-order chi connectivity index (χ1) is 10.4. The first-order valence-corrected chi connectivity index (χ1v) is 7.64. The second-order valence-corrected chi connectivity index (χ2v) is 6.03. The van der Waals surface area contributed by atoms with Gasteiger partial charge in [-0.25, -0.2) is 4.98 Å². The number of aliphatic hydroxyl groups excluding tert-OH is 1. The van der Waals surface area contributed by atoms with Gasteiger partial charge >= 0.3 is 6.18 Å². The van der Waals surface area contributed by atoms with Crippen molar-refractivity contribution in [2.75, 3.05) is 31.1 Å². The molecule has 0 aromatic carbocycles. The van der Waals surface area contributed by atoms with Gasteiger partial charge in [-0.3, -0.25) is 4.90 Å². The molecule has 2 atom stereocenters. The zero-order chi connectivity index (χ0) is 15.9. The number of pyridine rings is 1. The van der Waals surface area contributed by atoms with Crippen molar-refractivity contribution in [3.63, 3.8) is 0 Å². The standard InChI is InChI=1S/C15H20F3N3O/c1-2-3-20-4-5-21-11(9-20)7-13(22)12-6-10(15(16,17)18)8-19-14(12)21/h6,8,11,13,22H,2-5,7,9H2,1H3/t11-,13?/m0/s1. The number of piperazine rings is 1. The van der Waals surface area contributed by atoms with Crippen molar-refractivity contribution < 1.29 is 18.3 Å². The molecule has 1 unspecified atom stereocenters. The van der Waals surface area contributed by atoms with Crippen LogP contribution < -0.4 is 4.90 Å². The number of hydrogen-bond acceptors (Lipinski definition) is 4. The largest absolute Gasteiger partial charge is 0.417 e. The second-order valence-electron chi connectivity index (χ2n) is 6.03. The van der Waals surface area contributed by atoms with Gasteiger partial charge in [0.05, 0.1) is 11.7 Å². The Morgan fingerprint density at radius 2 is 2.14 bits per heavy atom. The van der Waals surface area contributed by atoms with E-state index >= 15 is 0 Å². The molecule has 3 rings (SSSR count). The third-order valence-electron chi connectivity index (χ3n) is 4.46. The number of anilines is 1. The molecule has 22 heavy (non-hydrogen) atoms. The zero-order valence-corrected chi connectivity index (χ0v) is 12.5. The van der Waals surface area contributed by atoms with Crippen LogP contribution in [0.3, 0.4) is 0 Å². The van der Waals surface area contributed by atoms with Gasteiger partial charge in [0.1, 0.15) is 5.82 Å². The van der Waals surface area contributed by atoms with Gasteiger partial charge in [-0.2, -0.15) is 13.2 Å². The number of aliphatic hydroxyl groups is 1. The van der Waals surface area contributed by atoms with Crippen molar-refractivity contribution in [1.82, 2.24) is 9.88 Å². The number of rotatable bonds is 2. The van der Waals surface area contributed by atoms with Gasteiger partial charge in [0.25, 0.3) is 0 Å². The summed E-state index contributed by atoms with van der Waals surface area (Å²) in [6, 6.07) is 1.16. The van der Waals surface area contributed by atoms with Gasteiger partial charge in [-0.05, 0) is 25.5 Å². The minimum absolute atomic E-state index is 0.118. The van der Waals surface area contributed by atoms with E-state index in [0.717, 1.165) is 44.9 Å². The van der Waals surface area contributed by atoms with E-state index in [2.05, 4.69) is 16.8 Å². The van der Waals surface area contributed by atoms with Crippen LogP contribution >= 0.6 is 0 Å².